The van der Waals surface area contributed by atoms with Crippen LogP contribution in [0.2, 0.25) is 5.02 Å². The molecule has 1 aromatic rings. The van der Waals surface area contributed by atoms with Crippen LogP contribution in [0.4, 0.5) is 0 Å². The van der Waals surface area contributed by atoms with Gasteiger partial charge in [0.2, 0.25) is 0 Å². The molecule has 1 atom stereocenters. The highest BCUT2D eigenvalue weighted by atomic mass is 35.5. The zero-order valence-electron chi connectivity index (χ0n) is 9.93. The monoisotopic (exact) mass is 300 g/mol. The molecule has 2 rings (SSSR count). The van der Waals surface area contributed by atoms with Crippen LogP contribution < -0.4 is 0 Å². The van der Waals surface area contributed by atoms with Gasteiger partial charge < -0.3 is 9.45 Å². The minimum atomic E-state index is -2.48. The first-order valence-electron chi connectivity index (χ1n) is 5.69. The molecule has 102 valence electrons. The number of ketones is 1. The Balaban J connectivity index is 2.22. The molecule has 1 aliphatic rings. The van der Waals surface area contributed by atoms with Crippen LogP contribution in [0.5, 0.6) is 0 Å². The Kier molecular flexibility index (Phi) is 4.34. The average Bonchev–Trinajstić information content (AvgIpc) is 2.39. The first-order chi connectivity index (χ1) is 8.99. The highest BCUT2D eigenvalue weighted by Gasteiger charge is 2.22. The van der Waals surface area contributed by atoms with Gasteiger partial charge in [-0.2, -0.15) is 0 Å². The number of amides is 1. The SMILES string of the molecule is O=C1CCN(C(=O)c2ccc(Cl)c(S(=O)[O-])c2)CC1. The molecule has 7 heteroatoms. The molecule has 0 radical (unpaired) electrons. The smallest absolute Gasteiger partial charge is 0.253 e. The van der Waals surface area contributed by atoms with Gasteiger partial charge in [-0.3, -0.25) is 13.8 Å². The topological polar surface area (TPSA) is 77.5 Å². The molecule has 0 N–H and O–H groups in total. The van der Waals surface area contributed by atoms with Gasteiger partial charge in [0.1, 0.15) is 5.78 Å². The molecule has 0 aliphatic carbocycles. The van der Waals surface area contributed by atoms with Crippen molar-refractivity contribution in [2.45, 2.75) is 17.7 Å². The van der Waals surface area contributed by atoms with Gasteiger partial charge in [-0.25, -0.2) is 0 Å². The van der Waals surface area contributed by atoms with Crippen molar-refractivity contribution in [1.29, 1.82) is 0 Å². The molecular weight excluding hydrogens is 290 g/mol. The second-order valence-corrected chi connectivity index (χ2v) is 5.53. The van der Waals surface area contributed by atoms with E-state index in [1.807, 2.05) is 0 Å². The summed E-state index contributed by atoms with van der Waals surface area (Å²) in [6.07, 6.45) is 0.694. The highest BCUT2D eigenvalue weighted by Crippen LogP contribution is 2.22. The highest BCUT2D eigenvalue weighted by molar-refractivity contribution is 7.79. The Hall–Kier alpha value is -1.24. The number of rotatable bonds is 2. The van der Waals surface area contributed by atoms with E-state index in [0.717, 1.165) is 0 Å². The molecule has 0 saturated carbocycles. The van der Waals surface area contributed by atoms with Gasteiger partial charge in [0.15, 0.2) is 0 Å². The second kappa shape index (κ2) is 5.81. The summed E-state index contributed by atoms with van der Waals surface area (Å²) in [7, 11) is 0. The van der Waals surface area contributed by atoms with Crippen molar-refractivity contribution in [2.75, 3.05) is 13.1 Å². The van der Waals surface area contributed by atoms with Gasteiger partial charge in [0.25, 0.3) is 5.91 Å². The average molecular weight is 301 g/mol. The lowest BCUT2D eigenvalue weighted by molar-refractivity contribution is -0.120. The van der Waals surface area contributed by atoms with Crippen LogP contribution in [-0.4, -0.2) is 38.4 Å². The quantitative estimate of drug-likeness (QED) is 0.773. The van der Waals surface area contributed by atoms with E-state index in [4.69, 9.17) is 11.6 Å². The summed E-state index contributed by atoms with van der Waals surface area (Å²) in [5.74, 6) is -0.141. The number of halogens is 1. The normalized spacial score (nSPS) is 17.4. The Morgan fingerprint density at radius 3 is 2.53 bits per heavy atom. The predicted molar refractivity (Wildman–Crippen MR) is 68.8 cm³/mol. The van der Waals surface area contributed by atoms with E-state index in [1.165, 1.54) is 18.2 Å². The van der Waals surface area contributed by atoms with Crippen LogP contribution >= 0.6 is 11.6 Å². The lowest BCUT2D eigenvalue weighted by Crippen LogP contribution is -2.38. The number of carbonyl (C=O) groups is 2. The van der Waals surface area contributed by atoms with Crippen molar-refractivity contribution in [1.82, 2.24) is 4.90 Å². The van der Waals surface area contributed by atoms with Crippen LogP contribution in [0.1, 0.15) is 23.2 Å². The van der Waals surface area contributed by atoms with Crippen LogP contribution in [0, 0.1) is 0 Å². The predicted octanol–water partition coefficient (Wildman–Crippen LogP) is 1.38. The summed E-state index contributed by atoms with van der Waals surface area (Å²) in [4.78, 5) is 24.7. The molecule has 1 aliphatic heterocycles. The van der Waals surface area contributed by atoms with E-state index >= 15 is 0 Å². The summed E-state index contributed by atoms with van der Waals surface area (Å²) in [5, 5.41) is 0.0821. The fourth-order valence-electron chi connectivity index (χ4n) is 1.91. The number of likely N-dealkylation sites (tertiary alicyclic amines) is 1. The minimum absolute atomic E-state index is 0.0821. The van der Waals surface area contributed by atoms with E-state index in [0.29, 0.717) is 25.9 Å². The number of nitrogens with zero attached hydrogens (tertiary/aromatic N) is 1. The maximum absolute atomic E-state index is 12.2. The Morgan fingerprint density at radius 1 is 1.32 bits per heavy atom. The van der Waals surface area contributed by atoms with Crippen molar-refractivity contribution >= 4 is 34.4 Å². The van der Waals surface area contributed by atoms with E-state index < -0.39 is 11.1 Å². The molecule has 5 nitrogen and oxygen atoms in total. The maximum Gasteiger partial charge on any atom is 0.253 e. The van der Waals surface area contributed by atoms with Gasteiger partial charge in [-0.1, -0.05) is 11.6 Å². The summed E-state index contributed by atoms with van der Waals surface area (Å²) < 4.78 is 21.9. The number of carbonyl (C=O) groups excluding carboxylic acids is 2. The Labute approximate surface area is 117 Å². The molecule has 1 saturated heterocycles. The van der Waals surface area contributed by atoms with Gasteiger partial charge in [-0.15, -0.1) is 0 Å². The number of hydrogen-bond donors (Lipinski definition) is 0. The summed E-state index contributed by atoms with van der Waals surface area (Å²) in [5.41, 5.74) is 0.262. The van der Waals surface area contributed by atoms with E-state index in [-0.39, 0.29) is 27.2 Å². The molecule has 0 aromatic heterocycles. The zero-order valence-corrected chi connectivity index (χ0v) is 11.5. The number of benzene rings is 1. The van der Waals surface area contributed by atoms with Gasteiger partial charge in [0, 0.05) is 36.4 Å². The lowest BCUT2D eigenvalue weighted by Gasteiger charge is -2.26. The lowest BCUT2D eigenvalue weighted by atomic mass is 10.1. The molecule has 19 heavy (non-hydrogen) atoms. The van der Waals surface area contributed by atoms with Crippen LogP contribution in [0.3, 0.4) is 0 Å². The third-order valence-corrected chi connectivity index (χ3v) is 4.10. The van der Waals surface area contributed by atoms with Gasteiger partial charge in [-0.05, 0) is 29.3 Å². The largest absolute Gasteiger partial charge is 0.768 e. The minimum Gasteiger partial charge on any atom is -0.768 e. The standard InChI is InChI=1S/C12H12ClNO4S/c13-10-2-1-8(7-11(10)19(17)18)12(16)14-5-3-9(15)4-6-14/h1-2,7H,3-6H2,(H,17,18)/p-1. The first kappa shape index (κ1) is 14.2. The van der Waals surface area contributed by atoms with Gasteiger partial charge in [0.05, 0.1) is 5.02 Å². The van der Waals surface area contributed by atoms with Crippen molar-refractivity contribution in [3.05, 3.63) is 28.8 Å². The van der Waals surface area contributed by atoms with Crippen LogP contribution in [0.15, 0.2) is 23.1 Å². The summed E-state index contributed by atoms with van der Waals surface area (Å²) in [6, 6.07) is 4.12. The van der Waals surface area contributed by atoms with Crippen molar-refractivity contribution in [2.24, 2.45) is 0 Å². The van der Waals surface area contributed by atoms with Crippen molar-refractivity contribution in [3.63, 3.8) is 0 Å². The molecule has 0 spiro atoms. The molecular formula is C12H11ClNO4S-. The van der Waals surface area contributed by atoms with Crippen LogP contribution in [-0.2, 0) is 15.9 Å². The zero-order chi connectivity index (χ0) is 14.0. The molecule has 1 unspecified atom stereocenters. The third-order valence-electron chi connectivity index (χ3n) is 2.97. The van der Waals surface area contributed by atoms with E-state index in [2.05, 4.69) is 0 Å². The summed E-state index contributed by atoms with van der Waals surface area (Å²) in [6.45, 7) is 0.742. The van der Waals surface area contributed by atoms with E-state index in [9.17, 15) is 18.4 Å². The van der Waals surface area contributed by atoms with E-state index in [1.54, 1.807) is 4.90 Å². The third kappa shape index (κ3) is 3.20. The number of Topliss-reactive ketones (excluding diaryl/α,β-unsaturated/α-hetero) is 1. The number of hydrogen-bond acceptors (Lipinski definition) is 4. The second-order valence-electron chi connectivity index (χ2n) is 4.21. The molecule has 1 fully saturated rings. The fourth-order valence-corrected chi connectivity index (χ4v) is 2.66. The van der Waals surface area contributed by atoms with Gasteiger partial charge >= 0.3 is 0 Å². The number of piperidine rings is 1. The molecule has 1 aromatic carbocycles. The molecule has 0 bridgehead atoms. The first-order valence-corrected chi connectivity index (χ1v) is 7.14. The molecule has 1 heterocycles. The van der Waals surface area contributed by atoms with Crippen molar-refractivity contribution < 1.29 is 18.4 Å². The Bertz CT molecular complexity index is 551. The van der Waals surface area contributed by atoms with Crippen LogP contribution in [0.25, 0.3) is 0 Å². The summed E-state index contributed by atoms with van der Waals surface area (Å²) >= 11 is 3.25. The Morgan fingerprint density at radius 2 is 1.95 bits per heavy atom. The molecule has 1 amide bonds. The maximum atomic E-state index is 12.2. The van der Waals surface area contributed by atoms with Crippen molar-refractivity contribution in [3.8, 4) is 0 Å². The fraction of sp³-hybridized carbons (Fsp3) is 0.333.